The summed E-state index contributed by atoms with van der Waals surface area (Å²) in [5, 5.41) is 0. The number of unbranched alkanes of at least 4 members (excludes halogenated alkanes) is 3. The molecule has 0 aliphatic heterocycles. The zero-order valence-electron chi connectivity index (χ0n) is 18.4. The molecule has 0 aliphatic rings. The second-order valence-electron chi connectivity index (χ2n) is 9.56. The Labute approximate surface area is 158 Å². The van der Waals surface area contributed by atoms with E-state index in [2.05, 4.69) is 85.7 Å². The molecular formula is C25H44. The monoisotopic (exact) mass is 344 g/mol. The Morgan fingerprint density at radius 2 is 1.32 bits per heavy atom. The van der Waals surface area contributed by atoms with E-state index in [4.69, 9.17) is 0 Å². The fourth-order valence-corrected chi connectivity index (χ4v) is 5.90. The van der Waals surface area contributed by atoms with E-state index in [1.807, 2.05) is 0 Å². The smallest absolute Gasteiger partial charge is 0.00396 e. The molecule has 0 saturated heterocycles. The molecule has 1 unspecified atom stereocenters. The zero-order valence-corrected chi connectivity index (χ0v) is 18.4. The third kappa shape index (κ3) is 4.50. The highest BCUT2D eigenvalue weighted by Crippen LogP contribution is 2.61. The maximum Gasteiger partial charge on any atom is -0.00396 e. The Kier molecular flexibility index (Phi) is 8.23. The van der Waals surface area contributed by atoms with E-state index in [1.165, 1.54) is 50.5 Å². The van der Waals surface area contributed by atoms with Gasteiger partial charge < -0.3 is 0 Å². The average molecular weight is 345 g/mol. The first-order valence-electron chi connectivity index (χ1n) is 10.7. The molecule has 1 atom stereocenters. The standard InChI is InChI=1S/C25H44/c1-9-11-16-19-23(5,6)25(21(3)4,20-12-10-2)24(7,8)22-17-14-13-15-18-22/h13-15,17-18,21H,9-12,16,19-20H2,1-8H3. The minimum atomic E-state index is 0.160. The van der Waals surface area contributed by atoms with Crippen molar-refractivity contribution in [3.8, 4) is 0 Å². The lowest BCUT2D eigenvalue weighted by Gasteiger charge is -2.60. The van der Waals surface area contributed by atoms with Crippen molar-refractivity contribution in [2.45, 2.75) is 106 Å². The Bertz CT molecular complexity index is 480. The van der Waals surface area contributed by atoms with Gasteiger partial charge in [0.05, 0.1) is 0 Å². The maximum absolute atomic E-state index is 2.56. The van der Waals surface area contributed by atoms with Crippen LogP contribution in [0.1, 0.15) is 106 Å². The summed E-state index contributed by atoms with van der Waals surface area (Å²) in [6.45, 7) is 19.7. The van der Waals surface area contributed by atoms with Crippen LogP contribution in [0.15, 0.2) is 30.3 Å². The van der Waals surface area contributed by atoms with E-state index < -0.39 is 0 Å². The van der Waals surface area contributed by atoms with Crippen LogP contribution in [-0.2, 0) is 5.41 Å². The van der Waals surface area contributed by atoms with Gasteiger partial charge in [-0.1, -0.05) is 118 Å². The number of hydrogen-bond acceptors (Lipinski definition) is 0. The predicted octanol–water partition coefficient (Wildman–Crippen LogP) is 8.40. The molecule has 0 aliphatic carbocycles. The Hall–Kier alpha value is -0.780. The summed E-state index contributed by atoms with van der Waals surface area (Å²) in [6, 6.07) is 11.3. The van der Waals surface area contributed by atoms with Crippen LogP contribution in [0.25, 0.3) is 0 Å². The molecule has 0 heteroatoms. The Morgan fingerprint density at radius 3 is 1.80 bits per heavy atom. The molecule has 144 valence electrons. The molecule has 25 heavy (non-hydrogen) atoms. The highest BCUT2D eigenvalue weighted by Gasteiger charge is 2.55. The van der Waals surface area contributed by atoms with Gasteiger partial charge in [0.2, 0.25) is 0 Å². The summed E-state index contributed by atoms with van der Waals surface area (Å²) >= 11 is 0. The lowest BCUT2D eigenvalue weighted by molar-refractivity contribution is -0.0676. The van der Waals surface area contributed by atoms with Crippen molar-refractivity contribution in [1.82, 2.24) is 0 Å². The van der Waals surface area contributed by atoms with Gasteiger partial charge >= 0.3 is 0 Å². The molecule has 0 nitrogen and oxygen atoms in total. The minimum Gasteiger partial charge on any atom is -0.0654 e. The quantitative estimate of drug-likeness (QED) is 0.353. The van der Waals surface area contributed by atoms with E-state index >= 15 is 0 Å². The summed E-state index contributed by atoms with van der Waals surface area (Å²) in [5.74, 6) is 0.658. The zero-order chi connectivity index (χ0) is 19.1. The average Bonchev–Trinajstić information content (AvgIpc) is 2.55. The summed E-state index contributed by atoms with van der Waals surface area (Å²) in [6.07, 6.45) is 9.28. The lowest BCUT2D eigenvalue weighted by atomic mass is 9.44. The fraction of sp³-hybridized carbons (Fsp3) is 0.760. The number of benzene rings is 1. The Balaban J connectivity index is 3.44. The van der Waals surface area contributed by atoms with Gasteiger partial charge in [-0.2, -0.15) is 0 Å². The molecule has 1 aromatic carbocycles. The summed E-state index contributed by atoms with van der Waals surface area (Å²) in [5.41, 5.74) is 2.28. The topological polar surface area (TPSA) is 0 Å². The molecule has 0 aromatic heterocycles. The normalized spacial score (nSPS) is 15.4. The molecule has 0 spiro atoms. The van der Waals surface area contributed by atoms with Crippen LogP contribution < -0.4 is 0 Å². The first-order chi connectivity index (χ1) is 11.7. The van der Waals surface area contributed by atoms with Crippen LogP contribution in [0.2, 0.25) is 0 Å². The van der Waals surface area contributed by atoms with Gasteiger partial charge in [0.25, 0.3) is 0 Å². The minimum absolute atomic E-state index is 0.160. The van der Waals surface area contributed by atoms with E-state index in [0.29, 0.717) is 16.7 Å². The Morgan fingerprint density at radius 1 is 0.760 bits per heavy atom. The van der Waals surface area contributed by atoms with Crippen molar-refractivity contribution in [3.63, 3.8) is 0 Å². The lowest BCUT2D eigenvalue weighted by Crippen LogP contribution is -2.54. The second-order valence-corrected chi connectivity index (χ2v) is 9.56. The molecule has 0 fully saturated rings. The van der Waals surface area contributed by atoms with Crippen LogP contribution in [0.4, 0.5) is 0 Å². The van der Waals surface area contributed by atoms with Gasteiger partial charge in [-0.05, 0) is 40.6 Å². The van der Waals surface area contributed by atoms with Gasteiger partial charge in [0, 0.05) is 0 Å². The largest absolute Gasteiger partial charge is 0.0654 e. The van der Waals surface area contributed by atoms with Gasteiger partial charge in [0.1, 0.15) is 0 Å². The van der Waals surface area contributed by atoms with Gasteiger partial charge in [-0.15, -0.1) is 0 Å². The molecule has 0 radical (unpaired) electrons. The van der Waals surface area contributed by atoms with Gasteiger partial charge in [-0.3, -0.25) is 0 Å². The van der Waals surface area contributed by atoms with Crippen LogP contribution in [0, 0.1) is 16.7 Å². The van der Waals surface area contributed by atoms with Crippen molar-refractivity contribution in [1.29, 1.82) is 0 Å². The van der Waals surface area contributed by atoms with Crippen LogP contribution >= 0.6 is 0 Å². The molecule has 1 aromatic rings. The van der Waals surface area contributed by atoms with E-state index in [0.717, 1.165) is 0 Å². The highest BCUT2D eigenvalue weighted by atomic mass is 14.6. The SMILES string of the molecule is CCCCCC(C)(C)C(CCCC)(C(C)C)C(C)(C)c1ccccc1. The summed E-state index contributed by atoms with van der Waals surface area (Å²) < 4.78 is 0. The molecule has 0 N–H and O–H groups in total. The van der Waals surface area contributed by atoms with Crippen molar-refractivity contribution < 1.29 is 0 Å². The van der Waals surface area contributed by atoms with Crippen molar-refractivity contribution in [2.75, 3.05) is 0 Å². The third-order valence-electron chi connectivity index (χ3n) is 7.13. The van der Waals surface area contributed by atoms with Crippen molar-refractivity contribution in [3.05, 3.63) is 35.9 Å². The molecular weight excluding hydrogens is 300 g/mol. The predicted molar refractivity (Wildman–Crippen MR) is 114 cm³/mol. The maximum atomic E-state index is 2.56. The second kappa shape index (κ2) is 9.24. The van der Waals surface area contributed by atoms with E-state index in [9.17, 15) is 0 Å². The van der Waals surface area contributed by atoms with Crippen LogP contribution in [-0.4, -0.2) is 0 Å². The first kappa shape index (κ1) is 22.3. The molecule has 0 amide bonds. The van der Waals surface area contributed by atoms with E-state index in [1.54, 1.807) is 0 Å². The van der Waals surface area contributed by atoms with Crippen molar-refractivity contribution in [2.24, 2.45) is 16.7 Å². The number of rotatable bonds is 11. The summed E-state index contributed by atoms with van der Waals surface area (Å²) in [7, 11) is 0. The van der Waals surface area contributed by atoms with Crippen molar-refractivity contribution >= 4 is 0 Å². The van der Waals surface area contributed by atoms with Gasteiger partial charge in [-0.25, -0.2) is 0 Å². The van der Waals surface area contributed by atoms with Gasteiger partial charge in [0.15, 0.2) is 0 Å². The van der Waals surface area contributed by atoms with Crippen LogP contribution in [0.3, 0.4) is 0 Å². The van der Waals surface area contributed by atoms with E-state index in [-0.39, 0.29) is 5.41 Å². The highest BCUT2D eigenvalue weighted by molar-refractivity contribution is 5.29. The summed E-state index contributed by atoms with van der Waals surface area (Å²) in [4.78, 5) is 0. The fourth-order valence-electron chi connectivity index (χ4n) is 5.90. The molecule has 0 heterocycles. The third-order valence-corrected chi connectivity index (χ3v) is 7.13. The molecule has 1 rings (SSSR count). The first-order valence-corrected chi connectivity index (χ1v) is 10.7. The van der Waals surface area contributed by atoms with Crippen LogP contribution in [0.5, 0.6) is 0 Å². The molecule has 0 saturated carbocycles. The molecule has 0 bridgehead atoms. The number of hydrogen-bond donors (Lipinski definition) is 0.